The van der Waals surface area contributed by atoms with Gasteiger partial charge in [-0.05, 0) is 30.8 Å². The van der Waals surface area contributed by atoms with E-state index < -0.39 is 0 Å². The van der Waals surface area contributed by atoms with Gasteiger partial charge in [-0.15, -0.1) is 0 Å². The van der Waals surface area contributed by atoms with Crippen molar-refractivity contribution >= 4 is 22.5 Å². The Hall–Kier alpha value is -2.79. The molecule has 3 aromatic rings. The van der Waals surface area contributed by atoms with Gasteiger partial charge in [0.25, 0.3) is 5.91 Å². The number of fused-ring (bicyclic) bond motifs is 1. The van der Waals surface area contributed by atoms with Gasteiger partial charge in [-0.2, -0.15) is 0 Å². The van der Waals surface area contributed by atoms with Crippen molar-refractivity contribution in [3.63, 3.8) is 0 Å². The second-order valence-corrected chi connectivity index (χ2v) is 6.88. The number of nitrogens with one attached hydrogen (secondary N) is 2. The molecule has 0 saturated carbocycles. The Morgan fingerprint density at radius 2 is 1.81 bits per heavy atom. The molecule has 4 rings (SSSR count). The average Bonchev–Trinajstić information content (AvgIpc) is 3.12. The third-order valence-electron chi connectivity index (χ3n) is 5.03. The van der Waals surface area contributed by atoms with Crippen molar-refractivity contribution in [3.8, 4) is 0 Å². The first-order chi connectivity index (χ1) is 12.7. The van der Waals surface area contributed by atoms with E-state index in [-0.39, 0.29) is 5.91 Å². The second kappa shape index (κ2) is 7.22. The van der Waals surface area contributed by atoms with Crippen molar-refractivity contribution in [2.45, 2.75) is 6.54 Å². The fraction of sp³-hybridized carbons (Fsp3) is 0.286. The Bertz CT molecular complexity index is 895. The van der Waals surface area contributed by atoms with Crippen molar-refractivity contribution in [3.05, 3.63) is 65.9 Å². The summed E-state index contributed by atoms with van der Waals surface area (Å²) in [6.45, 7) is 4.67. The van der Waals surface area contributed by atoms with Crippen molar-refractivity contribution in [1.29, 1.82) is 0 Å². The molecule has 0 radical (unpaired) electrons. The zero-order valence-corrected chi connectivity index (χ0v) is 15.0. The van der Waals surface area contributed by atoms with Gasteiger partial charge in [-0.1, -0.05) is 36.4 Å². The SMILES string of the molecule is CN1CCN(c2cccc3[nH]c(C(=O)NCc4ccccc4)cc23)CC1. The van der Waals surface area contributed by atoms with Crippen molar-refractivity contribution < 1.29 is 4.79 Å². The van der Waals surface area contributed by atoms with E-state index in [0.29, 0.717) is 12.2 Å². The molecule has 0 spiro atoms. The van der Waals surface area contributed by atoms with E-state index in [4.69, 9.17) is 0 Å². The molecule has 1 fully saturated rings. The normalized spacial score (nSPS) is 15.3. The number of hydrogen-bond acceptors (Lipinski definition) is 3. The molecule has 26 heavy (non-hydrogen) atoms. The third-order valence-corrected chi connectivity index (χ3v) is 5.03. The molecule has 2 heterocycles. The summed E-state index contributed by atoms with van der Waals surface area (Å²) in [7, 11) is 2.16. The number of aromatic amines is 1. The number of carbonyl (C=O) groups excluding carboxylic acids is 1. The molecule has 134 valence electrons. The molecule has 0 atom stereocenters. The minimum absolute atomic E-state index is 0.0746. The summed E-state index contributed by atoms with van der Waals surface area (Å²) >= 11 is 0. The lowest BCUT2D eigenvalue weighted by Crippen LogP contribution is -2.44. The number of rotatable bonds is 4. The topological polar surface area (TPSA) is 51.4 Å². The molecule has 1 aromatic heterocycles. The van der Waals surface area contributed by atoms with Gasteiger partial charge in [-0.3, -0.25) is 4.79 Å². The van der Waals surface area contributed by atoms with Crippen LogP contribution in [-0.4, -0.2) is 49.0 Å². The molecule has 5 heteroatoms. The highest BCUT2D eigenvalue weighted by Gasteiger charge is 2.18. The van der Waals surface area contributed by atoms with Crippen LogP contribution in [0.5, 0.6) is 0 Å². The maximum absolute atomic E-state index is 12.6. The van der Waals surface area contributed by atoms with Crippen LogP contribution in [0.1, 0.15) is 16.1 Å². The van der Waals surface area contributed by atoms with Gasteiger partial charge in [0.2, 0.25) is 0 Å². The molecule has 2 N–H and O–H groups in total. The summed E-state index contributed by atoms with van der Waals surface area (Å²) in [5.41, 5.74) is 3.91. The lowest BCUT2D eigenvalue weighted by Gasteiger charge is -2.34. The summed E-state index contributed by atoms with van der Waals surface area (Å²) in [5.74, 6) is -0.0746. The standard InChI is InChI=1S/C21H24N4O/c1-24-10-12-25(13-11-24)20-9-5-8-18-17(20)14-19(23-18)21(26)22-15-16-6-3-2-4-7-16/h2-9,14,23H,10-13,15H2,1H3,(H,22,26). The first-order valence-electron chi connectivity index (χ1n) is 9.08. The molecular weight excluding hydrogens is 324 g/mol. The van der Waals surface area contributed by atoms with E-state index in [2.05, 4.69) is 39.3 Å². The zero-order valence-electron chi connectivity index (χ0n) is 15.0. The van der Waals surface area contributed by atoms with Crippen LogP contribution in [0.3, 0.4) is 0 Å². The molecule has 5 nitrogen and oxygen atoms in total. The Balaban J connectivity index is 1.53. The van der Waals surface area contributed by atoms with Gasteiger partial charge in [0.1, 0.15) is 5.69 Å². The van der Waals surface area contributed by atoms with Gasteiger partial charge in [0.05, 0.1) is 0 Å². The molecule has 0 aliphatic carbocycles. The highest BCUT2D eigenvalue weighted by atomic mass is 16.1. The molecule has 1 aliphatic rings. The van der Waals surface area contributed by atoms with E-state index >= 15 is 0 Å². The van der Waals surface area contributed by atoms with Crippen LogP contribution in [0.4, 0.5) is 5.69 Å². The first-order valence-corrected chi connectivity index (χ1v) is 9.08. The van der Waals surface area contributed by atoms with Crippen LogP contribution in [0, 0.1) is 0 Å². The lowest BCUT2D eigenvalue weighted by molar-refractivity contribution is 0.0947. The van der Waals surface area contributed by atoms with Crippen LogP contribution in [0.25, 0.3) is 10.9 Å². The van der Waals surface area contributed by atoms with E-state index in [0.717, 1.165) is 42.6 Å². The largest absolute Gasteiger partial charge is 0.368 e. The van der Waals surface area contributed by atoms with Crippen molar-refractivity contribution in [1.82, 2.24) is 15.2 Å². The summed E-state index contributed by atoms with van der Waals surface area (Å²) < 4.78 is 0. The predicted octanol–water partition coefficient (Wildman–Crippen LogP) is 2.85. The summed E-state index contributed by atoms with van der Waals surface area (Å²) in [4.78, 5) is 20.6. The van der Waals surface area contributed by atoms with E-state index in [9.17, 15) is 4.79 Å². The van der Waals surface area contributed by atoms with Gasteiger partial charge in [0.15, 0.2) is 0 Å². The Morgan fingerprint density at radius 1 is 1.04 bits per heavy atom. The second-order valence-electron chi connectivity index (χ2n) is 6.88. The van der Waals surface area contributed by atoms with Crippen LogP contribution >= 0.6 is 0 Å². The highest BCUT2D eigenvalue weighted by Crippen LogP contribution is 2.28. The third kappa shape index (κ3) is 3.44. The number of aromatic nitrogens is 1. The van der Waals surface area contributed by atoms with Gasteiger partial charge < -0.3 is 20.1 Å². The van der Waals surface area contributed by atoms with Crippen molar-refractivity contribution in [2.75, 3.05) is 38.1 Å². The average molecular weight is 348 g/mol. The summed E-state index contributed by atoms with van der Waals surface area (Å²) in [5, 5.41) is 4.10. The molecule has 2 aromatic carbocycles. The number of amides is 1. The highest BCUT2D eigenvalue weighted by molar-refractivity contribution is 6.02. The number of likely N-dealkylation sites (N-methyl/N-ethyl adjacent to an activating group) is 1. The number of anilines is 1. The number of H-pyrrole nitrogens is 1. The van der Waals surface area contributed by atoms with Crippen LogP contribution < -0.4 is 10.2 Å². The molecule has 1 aliphatic heterocycles. The van der Waals surface area contributed by atoms with E-state index in [1.807, 2.05) is 42.5 Å². The molecule has 0 bridgehead atoms. The van der Waals surface area contributed by atoms with Gasteiger partial charge >= 0.3 is 0 Å². The lowest BCUT2D eigenvalue weighted by atomic mass is 10.1. The minimum Gasteiger partial charge on any atom is -0.368 e. The van der Waals surface area contributed by atoms with E-state index in [1.54, 1.807) is 0 Å². The molecule has 1 saturated heterocycles. The Labute approximate surface area is 153 Å². The maximum atomic E-state index is 12.6. The van der Waals surface area contributed by atoms with E-state index in [1.165, 1.54) is 5.69 Å². The van der Waals surface area contributed by atoms with Crippen LogP contribution in [-0.2, 0) is 6.54 Å². The number of carbonyl (C=O) groups is 1. The maximum Gasteiger partial charge on any atom is 0.267 e. The number of nitrogens with zero attached hydrogens (tertiary/aromatic N) is 2. The fourth-order valence-electron chi connectivity index (χ4n) is 3.46. The first kappa shape index (κ1) is 16.7. The van der Waals surface area contributed by atoms with Gasteiger partial charge in [0, 0.05) is 49.3 Å². The predicted molar refractivity (Wildman–Crippen MR) is 106 cm³/mol. The van der Waals surface area contributed by atoms with Crippen LogP contribution in [0.15, 0.2) is 54.6 Å². The Morgan fingerprint density at radius 3 is 2.58 bits per heavy atom. The summed E-state index contributed by atoms with van der Waals surface area (Å²) in [6.07, 6.45) is 0. The smallest absolute Gasteiger partial charge is 0.267 e. The quantitative estimate of drug-likeness (QED) is 0.762. The van der Waals surface area contributed by atoms with Crippen molar-refractivity contribution in [2.24, 2.45) is 0 Å². The minimum atomic E-state index is -0.0746. The Kier molecular flexibility index (Phi) is 4.63. The number of piperazine rings is 1. The number of benzene rings is 2. The molecule has 0 unspecified atom stereocenters. The van der Waals surface area contributed by atoms with Crippen LogP contribution in [0.2, 0.25) is 0 Å². The summed E-state index contributed by atoms with van der Waals surface area (Å²) in [6, 6.07) is 18.2. The number of hydrogen-bond donors (Lipinski definition) is 2. The monoisotopic (exact) mass is 348 g/mol. The zero-order chi connectivity index (χ0) is 17.9. The molecule has 1 amide bonds. The molecular formula is C21H24N4O. The van der Waals surface area contributed by atoms with Gasteiger partial charge in [-0.25, -0.2) is 0 Å². The fourth-order valence-corrected chi connectivity index (χ4v) is 3.46.